The van der Waals surface area contributed by atoms with E-state index in [9.17, 15) is 14.7 Å². The van der Waals surface area contributed by atoms with Gasteiger partial charge < -0.3 is 31.3 Å². The van der Waals surface area contributed by atoms with Crippen LogP contribution in [0.25, 0.3) is 0 Å². The predicted octanol–water partition coefficient (Wildman–Crippen LogP) is -1.57. The lowest BCUT2D eigenvalue weighted by molar-refractivity contribution is -0.178. The average molecular weight is 344 g/mol. The number of rotatable bonds is 5. The van der Waals surface area contributed by atoms with Gasteiger partial charge in [0, 0.05) is 13.0 Å². The fourth-order valence-corrected chi connectivity index (χ4v) is 2.41. The number of aliphatic hydroxyl groups is 2. The van der Waals surface area contributed by atoms with Gasteiger partial charge in [0.1, 0.15) is 24.2 Å². The van der Waals surface area contributed by atoms with Crippen molar-refractivity contribution in [3.05, 3.63) is 11.9 Å². The quantitative estimate of drug-likeness (QED) is 0.467. The number of ether oxygens (including phenoxy) is 1. The number of amides is 2. The second-order valence-electron chi connectivity index (χ2n) is 6.15. The van der Waals surface area contributed by atoms with Crippen LogP contribution in [0, 0.1) is 5.92 Å². The Hall–Kier alpha value is -1.88. The van der Waals surface area contributed by atoms with Crippen LogP contribution in [0.4, 0.5) is 4.79 Å². The van der Waals surface area contributed by atoms with E-state index in [0.29, 0.717) is 5.06 Å². The molecule has 1 saturated heterocycles. The minimum atomic E-state index is -0.899. The molecular weight excluding hydrogens is 320 g/mol. The van der Waals surface area contributed by atoms with Gasteiger partial charge in [0.25, 0.3) is 0 Å². The minimum Gasteiger partial charge on any atom is -0.394 e. The van der Waals surface area contributed by atoms with Crippen molar-refractivity contribution in [1.29, 1.82) is 0 Å². The molecule has 0 aromatic heterocycles. The third kappa shape index (κ3) is 3.61. The maximum absolute atomic E-state index is 12.5. The SMILES string of the molecule is CC(C)[C@H](N)C(=O)ON1C(=O)N([C@H]2CC(O)[C@H](CO)O2)CC=C1N. The number of carbonyl (C=O) groups excluding carboxylic acids is 2. The molecule has 136 valence electrons. The summed E-state index contributed by atoms with van der Waals surface area (Å²) in [6, 6.07) is -1.60. The second-order valence-corrected chi connectivity index (χ2v) is 6.15. The monoisotopic (exact) mass is 344 g/mol. The van der Waals surface area contributed by atoms with E-state index in [1.807, 2.05) is 0 Å². The van der Waals surface area contributed by atoms with Gasteiger partial charge in [-0.15, -0.1) is 5.06 Å². The summed E-state index contributed by atoms with van der Waals surface area (Å²) in [6.45, 7) is 3.26. The lowest BCUT2D eigenvalue weighted by Gasteiger charge is -2.35. The van der Waals surface area contributed by atoms with E-state index in [1.165, 1.54) is 11.0 Å². The molecule has 0 bridgehead atoms. The molecule has 2 aliphatic rings. The summed E-state index contributed by atoms with van der Waals surface area (Å²) >= 11 is 0. The Morgan fingerprint density at radius 2 is 2.21 bits per heavy atom. The Bertz CT molecular complexity index is 525. The second kappa shape index (κ2) is 7.34. The highest BCUT2D eigenvalue weighted by atomic mass is 16.7. The normalized spacial score (nSPS) is 29.0. The molecular formula is C14H24N4O6. The highest BCUT2D eigenvalue weighted by Gasteiger charge is 2.42. The number of nitrogens with zero attached hydrogens (tertiary/aromatic N) is 2. The first-order valence-corrected chi connectivity index (χ1v) is 7.74. The van der Waals surface area contributed by atoms with Crippen LogP contribution in [0.15, 0.2) is 11.9 Å². The fourth-order valence-electron chi connectivity index (χ4n) is 2.41. The Labute approximate surface area is 139 Å². The molecule has 2 rings (SSSR count). The highest BCUT2D eigenvalue weighted by Crippen LogP contribution is 2.26. The zero-order valence-corrected chi connectivity index (χ0v) is 13.7. The smallest absolute Gasteiger partial charge is 0.361 e. The molecule has 0 aromatic carbocycles. The summed E-state index contributed by atoms with van der Waals surface area (Å²) in [6.07, 6.45) is -0.790. The number of aliphatic hydroxyl groups excluding tert-OH is 2. The van der Waals surface area contributed by atoms with Gasteiger partial charge in [-0.1, -0.05) is 13.8 Å². The van der Waals surface area contributed by atoms with Gasteiger partial charge in [-0.2, -0.15) is 0 Å². The lowest BCUT2D eigenvalue weighted by Crippen LogP contribution is -2.54. The van der Waals surface area contributed by atoms with Crippen LogP contribution < -0.4 is 11.5 Å². The number of hydroxylamine groups is 2. The number of hydrogen-bond acceptors (Lipinski definition) is 8. The maximum atomic E-state index is 12.5. The van der Waals surface area contributed by atoms with Crippen LogP contribution in [0.2, 0.25) is 0 Å². The number of urea groups is 1. The van der Waals surface area contributed by atoms with Crippen molar-refractivity contribution in [3.8, 4) is 0 Å². The molecule has 2 amide bonds. The first-order valence-electron chi connectivity index (χ1n) is 7.74. The molecule has 0 aromatic rings. The Morgan fingerprint density at radius 1 is 1.54 bits per heavy atom. The fraction of sp³-hybridized carbons (Fsp3) is 0.714. The van der Waals surface area contributed by atoms with E-state index in [4.69, 9.17) is 26.1 Å². The summed E-state index contributed by atoms with van der Waals surface area (Å²) in [7, 11) is 0. The molecule has 0 radical (unpaired) electrons. The van der Waals surface area contributed by atoms with Crippen molar-refractivity contribution in [2.45, 2.75) is 44.7 Å². The topological polar surface area (TPSA) is 152 Å². The number of carbonyl (C=O) groups is 2. The third-order valence-corrected chi connectivity index (χ3v) is 4.05. The first kappa shape index (κ1) is 18.5. The Balaban J connectivity index is 2.08. The molecule has 10 nitrogen and oxygen atoms in total. The molecule has 2 heterocycles. The Morgan fingerprint density at radius 3 is 2.75 bits per heavy atom. The molecule has 0 aliphatic carbocycles. The number of hydrogen-bond donors (Lipinski definition) is 4. The van der Waals surface area contributed by atoms with Gasteiger partial charge >= 0.3 is 12.0 Å². The van der Waals surface area contributed by atoms with Gasteiger partial charge in [-0.05, 0) is 12.0 Å². The molecule has 6 N–H and O–H groups in total. The molecule has 0 saturated carbocycles. The van der Waals surface area contributed by atoms with Crippen molar-refractivity contribution < 1.29 is 29.4 Å². The summed E-state index contributed by atoms with van der Waals surface area (Å²) in [5, 5.41) is 19.6. The molecule has 0 spiro atoms. The average Bonchev–Trinajstić information content (AvgIpc) is 2.90. The zero-order valence-electron chi connectivity index (χ0n) is 13.7. The number of nitrogens with two attached hydrogens (primary N) is 2. The largest absolute Gasteiger partial charge is 0.394 e. The minimum absolute atomic E-state index is 0.0298. The molecule has 10 heteroatoms. The van der Waals surface area contributed by atoms with E-state index in [0.717, 1.165) is 0 Å². The van der Waals surface area contributed by atoms with Gasteiger partial charge in [-0.25, -0.2) is 9.59 Å². The molecule has 24 heavy (non-hydrogen) atoms. The summed E-state index contributed by atoms with van der Waals surface area (Å²) < 4.78 is 5.45. The standard InChI is InChI=1S/C14H24N4O6/c1-7(2)12(16)13(21)24-18-10(15)3-4-17(14(18)22)11-5-8(20)9(6-19)23-11/h3,7-9,11-12,19-20H,4-6,15-16H2,1-2H3/t8?,9-,11+,12-/m0/s1. The van der Waals surface area contributed by atoms with Crippen LogP contribution in [0.3, 0.4) is 0 Å². The van der Waals surface area contributed by atoms with E-state index in [-0.39, 0.29) is 31.3 Å². The summed E-state index contributed by atoms with van der Waals surface area (Å²) in [4.78, 5) is 30.8. The highest BCUT2D eigenvalue weighted by molar-refractivity contribution is 5.81. The molecule has 2 aliphatic heterocycles. The van der Waals surface area contributed by atoms with Crippen LogP contribution in [-0.4, -0.2) is 69.8 Å². The van der Waals surface area contributed by atoms with Crippen molar-refractivity contribution >= 4 is 12.0 Å². The van der Waals surface area contributed by atoms with E-state index in [1.54, 1.807) is 13.8 Å². The van der Waals surface area contributed by atoms with Crippen LogP contribution in [-0.2, 0) is 14.4 Å². The van der Waals surface area contributed by atoms with E-state index < -0.39 is 36.5 Å². The van der Waals surface area contributed by atoms with Crippen LogP contribution >= 0.6 is 0 Å². The van der Waals surface area contributed by atoms with Crippen molar-refractivity contribution in [1.82, 2.24) is 9.96 Å². The molecule has 1 unspecified atom stereocenters. The van der Waals surface area contributed by atoms with Gasteiger partial charge in [0.05, 0.1) is 12.7 Å². The van der Waals surface area contributed by atoms with Crippen molar-refractivity contribution in [2.24, 2.45) is 17.4 Å². The molecule has 4 atom stereocenters. The van der Waals surface area contributed by atoms with E-state index in [2.05, 4.69) is 0 Å². The van der Waals surface area contributed by atoms with Gasteiger partial charge in [0.15, 0.2) is 0 Å². The maximum Gasteiger partial charge on any atom is 0.361 e. The third-order valence-electron chi connectivity index (χ3n) is 4.05. The van der Waals surface area contributed by atoms with Crippen molar-refractivity contribution in [2.75, 3.05) is 13.2 Å². The first-order chi connectivity index (χ1) is 11.3. The Kier molecular flexibility index (Phi) is 5.65. The van der Waals surface area contributed by atoms with Gasteiger partial charge in [-0.3, -0.25) is 4.90 Å². The molecule has 1 fully saturated rings. The predicted molar refractivity (Wildman–Crippen MR) is 81.5 cm³/mol. The summed E-state index contributed by atoms with van der Waals surface area (Å²) in [5.41, 5.74) is 11.4. The van der Waals surface area contributed by atoms with Gasteiger partial charge in [0.2, 0.25) is 0 Å². The lowest BCUT2D eigenvalue weighted by atomic mass is 10.1. The van der Waals surface area contributed by atoms with Crippen LogP contribution in [0.5, 0.6) is 0 Å². The zero-order chi connectivity index (χ0) is 18.0. The van der Waals surface area contributed by atoms with E-state index >= 15 is 0 Å². The van der Waals surface area contributed by atoms with Crippen molar-refractivity contribution in [3.63, 3.8) is 0 Å². The summed E-state index contributed by atoms with van der Waals surface area (Å²) in [5.74, 6) is -0.979. The van der Waals surface area contributed by atoms with Crippen LogP contribution in [0.1, 0.15) is 20.3 Å².